The lowest BCUT2D eigenvalue weighted by Crippen LogP contribution is -2.29. The third-order valence-corrected chi connectivity index (χ3v) is 5.95. The predicted octanol–water partition coefficient (Wildman–Crippen LogP) is 4.49. The van der Waals surface area contributed by atoms with Crippen LogP contribution in [-0.4, -0.2) is 16.6 Å². The minimum absolute atomic E-state index is 0.625. The summed E-state index contributed by atoms with van der Waals surface area (Å²) in [5.74, 6) is 0. The number of para-hydroxylation sites is 1. The lowest BCUT2D eigenvalue weighted by molar-refractivity contribution is 0.885. The van der Waals surface area contributed by atoms with Crippen LogP contribution < -0.4 is 10.6 Å². The van der Waals surface area contributed by atoms with Gasteiger partial charge in [-0.2, -0.15) is 0 Å². The SMILES string of the molecule is S=C(NCCc1ccc(I)s1)Nc1nc2ccccc2s1. The van der Waals surface area contributed by atoms with Crippen LogP contribution >= 0.6 is 57.5 Å². The Morgan fingerprint density at radius 3 is 2.81 bits per heavy atom. The van der Waals surface area contributed by atoms with Crippen molar-refractivity contribution in [2.75, 3.05) is 11.9 Å². The summed E-state index contributed by atoms with van der Waals surface area (Å²) in [4.78, 5) is 5.87. The van der Waals surface area contributed by atoms with Crippen LogP contribution in [0.2, 0.25) is 0 Å². The molecule has 2 N–H and O–H groups in total. The van der Waals surface area contributed by atoms with Crippen molar-refractivity contribution in [2.45, 2.75) is 6.42 Å². The highest BCUT2D eigenvalue weighted by Crippen LogP contribution is 2.25. The Kier molecular flexibility index (Phi) is 5.04. The first-order valence-electron chi connectivity index (χ1n) is 6.35. The van der Waals surface area contributed by atoms with Gasteiger partial charge in [0.15, 0.2) is 10.2 Å². The number of nitrogens with one attached hydrogen (secondary N) is 2. The largest absolute Gasteiger partial charge is 0.362 e. The van der Waals surface area contributed by atoms with Crippen molar-refractivity contribution in [3.63, 3.8) is 0 Å². The van der Waals surface area contributed by atoms with Crippen molar-refractivity contribution in [3.05, 3.63) is 44.2 Å². The number of thiophene rings is 1. The van der Waals surface area contributed by atoms with Crippen LogP contribution in [0, 0.1) is 2.88 Å². The Morgan fingerprint density at radius 1 is 1.19 bits per heavy atom. The van der Waals surface area contributed by atoms with Crippen molar-refractivity contribution in [1.29, 1.82) is 0 Å². The van der Waals surface area contributed by atoms with E-state index in [1.807, 2.05) is 29.5 Å². The minimum atomic E-state index is 0.625. The van der Waals surface area contributed by atoms with Gasteiger partial charge in [-0.05, 0) is 65.5 Å². The smallest absolute Gasteiger partial charge is 0.190 e. The molecule has 1 aromatic carbocycles. The molecular weight excluding hydrogens is 433 g/mol. The number of rotatable bonds is 4. The molecule has 3 nitrogen and oxygen atoms in total. The van der Waals surface area contributed by atoms with Crippen molar-refractivity contribution >= 4 is 77.9 Å². The lowest BCUT2D eigenvalue weighted by atomic mass is 10.3. The zero-order valence-electron chi connectivity index (χ0n) is 10.9. The fourth-order valence-corrected chi connectivity index (χ4v) is 4.74. The molecule has 0 aliphatic heterocycles. The number of hydrogen-bond acceptors (Lipinski definition) is 4. The van der Waals surface area contributed by atoms with Gasteiger partial charge in [0.25, 0.3) is 0 Å². The highest BCUT2D eigenvalue weighted by atomic mass is 127. The van der Waals surface area contributed by atoms with Crippen LogP contribution in [-0.2, 0) is 6.42 Å². The van der Waals surface area contributed by atoms with Gasteiger partial charge in [0.2, 0.25) is 0 Å². The molecule has 0 spiro atoms. The number of fused-ring (bicyclic) bond motifs is 1. The molecule has 21 heavy (non-hydrogen) atoms. The first kappa shape index (κ1) is 15.1. The molecule has 0 saturated carbocycles. The Hall–Kier alpha value is -0.770. The maximum absolute atomic E-state index is 5.31. The summed E-state index contributed by atoms with van der Waals surface area (Å²) < 4.78 is 2.48. The molecule has 3 rings (SSSR count). The standard InChI is InChI=1S/C14H12IN3S3/c15-12-6-5-9(20-12)7-8-16-13(19)18-14-17-10-3-1-2-4-11(10)21-14/h1-6H,7-8H2,(H2,16,17,18,19). The number of thiocarbonyl (C=S) groups is 1. The quantitative estimate of drug-likeness (QED) is 0.459. The van der Waals surface area contributed by atoms with E-state index in [4.69, 9.17) is 12.2 Å². The Morgan fingerprint density at radius 2 is 2.05 bits per heavy atom. The monoisotopic (exact) mass is 445 g/mol. The number of thiazole rings is 1. The molecule has 0 radical (unpaired) electrons. The molecule has 2 heterocycles. The molecular formula is C14H12IN3S3. The average molecular weight is 445 g/mol. The molecule has 0 saturated heterocycles. The zero-order chi connectivity index (χ0) is 14.7. The molecule has 7 heteroatoms. The molecule has 3 aromatic rings. The number of anilines is 1. The van der Waals surface area contributed by atoms with Crippen LogP contribution in [0.1, 0.15) is 4.88 Å². The van der Waals surface area contributed by atoms with Crippen LogP contribution in [0.5, 0.6) is 0 Å². The Labute approximate surface area is 149 Å². The fourth-order valence-electron chi connectivity index (χ4n) is 1.85. The minimum Gasteiger partial charge on any atom is -0.362 e. The summed E-state index contributed by atoms with van der Waals surface area (Å²) in [7, 11) is 0. The second kappa shape index (κ2) is 6.99. The number of aromatic nitrogens is 1. The second-order valence-corrected chi connectivity index (χ2v) is 8.82. The van der Waals surface area contributed by atoms with Gasteiger partial charge in [-0.3, -0.25) is 0 Å². The van der Waals surface area contributed by atoms with Crippen LogP contribution in [0.25, 0.3) is 10.2 Å². The third kappa shape index (κ3) is 4.12. The first-order chi connectivity index (χ1) is 10.2. The van der Waals surface area contributed by atoms with Crippen LogP contribution in [0.3, 0.4) is 0 Å². The number of halogens is 1. The van der Waals surface area contributed by atoms with Crippen LogP contribution in [0.4, 0.5) is 5.13 Å². The molecule has 108 valence electrons. The molecule has 0 unspecified atom stereocenters. The molecule has 0 aliphatic carbocycles. The van der Waals surface area contributed by atoms with E-state index in [0.717, 1.165) is 28.3 Å². The third-order valence-electron chi connectivity index (χ3n) is 2.80. The predicted molar refractivity (Wildman–Crippen MR) is 105 cm³/mol. The lowest BCUT2D eigenvalue weighted by Gasteiger charge is -2.07. The van der Waals surface area contributed by atoms with Gasteiger partial charge in [0.1, 0.15) is 0 Å². The highest BCUT2D eigenvalue weighted by molar-refractivity contribution is 14.1. The van der Waals surface area contributed by atoms with Crippen molar-refractivity contribution in [3.8, 4) is 0 Å². The van der Waals surface area contributed by atoms with Gasteiger partial charge < -0.3 is 10.6 Å². The normalized spacial score (nSPS) is 10.7. The molecule has 0 atom stereocenters. The average Bonchev–Trinajstić information content (AvgIpc) is 3.04. The van der Waals surface area contributed by atoms with Gasteiger partial charge in [-0.15, -0.1) is 11.3 Å². The topological polar surface area (TPSA) is 37.0 Å². The maximum atomic E-state index is 5.31. The molecule has 2 aromatic heterocycles. The van der Waals surface area contributed by atoms with Crippen LogP contribution in [0.15, 0.2) is 36.4 Å². The molecule has 0 amide bonds. The van der Waals surface area contributed by atoms with Crippen molar-refractivity contribution < 1.29 is 0 Å². The van der Waals surface area contributed by atoms with E-state index in [9.17, 15) is 0 Å². The van der Waals surface area contributed by atoms with E-state index in [0.29, 0.717) is 5.11 Å². The summed E-state index contributed by atoms with van der Waals surface area (Å²) >= 11 is 11.1. The van der Waals surface area contributed by atoms with E-state index >= 15 is 0 Å². The van der Waals surface area contributed by atoms with Gasteiger partial charge in [-0.1, -0.05) is 23.5 Å². The summed E-state index contributed by atoms with van der Waals surface area (Å²) in [6, 6.07) is 12.4. The number of benzene rings is 1. The number of nitrogens with zero attached hydrogens (tertiary/aromatic N) is 1. The van der Waals surface area contributed by atoms with E-state index in [1.165, 1.54) is 7.76 Å². The molecule has 0 bridgehead atoms. The van der Waals surface area contributed by atoms with E-state index in [1.54, 1.807) is 11.3 Å². The molecule has 0 fully saturated rings. The van der Waals surface area contributed by atoms with Crippen molar-refractivity contribution in [2.24, 2.45) is 0 Å². The van der Waals surface area contributed by atoms with Crippen molar-refractivity contribution in [1.82, 2.24) is 10.3 Å². The second-order valence-electron chi connectivity index (χ2n) is 4.32. The first-order valence-corrected chi connectivity index (χ1v) is 9.47. The summed E-state index contributed by atoms with van der Waals surface area (Å²) in [6.07, 6.45) is 0.981. The van der Waals surface area contributed by atoms with Gasteiger partial charge in [0, 0.05) is 11.4 Å². The fraction of sp³-hybridized carbons (Fsp3) is 0.143. The molecule has 0 aliphatic rings. The number of hydrogen-bond donors (Lipinski definition) is 2. The van der Waals surface area contributed by atoms with E-state index < -0.39 is 0 Å². The highest BCUT2D eigenvalue weighted by Gasteiger charge is 2.05. The van der Waals surface area contributed by atoms with Gasteiger partial charge in [-0.25, -0.2) is 4.98 Å². The summed E-state index contributed by atoms with van der Waals surface area (Å²) in [5.41, 5.74) is 1.00. The van der Waals surface area contributed by atoms with E-state index in [-0.39, 0.29) is 0 Å². The van der Waals surface area contributed by atoms with E-state index in [2.05, 4.69) is 56.4 Å². The van der Waals surface area contributed by atoms with Gasteiger partial charge >= 0.3 is 0 Å². The summed E-state index contributed by atoms with van der Waals surface area (Å²) in [5, 5.41) is 7.83. The zero-order valence-corrected chi connectivity index (χ0v) is 15.5. The maximum Gasteiger partial charge on any atom is 0.190 e. The summed E-state index contributed by atoms with van der Waals surface area (Å²) in [6.45, 7) is 0.827. The van der Waals surface area contributed by atoms with Gasteiger partial charge in [0.05, 0.1) is 13.1 Å². The Balaban J connectivity index is 1.51. The Bertz CT molecular complexity index is 733.